The van der Waals surface area contributed by atoms with E-state index in [0.29, 0.717) is 0 Å². The summed E-state index contributed by atoms with van der Waals surface area (Å²) in [5, 5.41) is 3.69. The Balaban J connectivity index is 1.49. The molecule has 0 amide bonds. The first-order valence-corrected chi connectivity index (χ1v) is 7.30. The predicted molar refractivity (Wildman–Crippen MR) is 69.7 cm³/mol. The van der Waals surface area contributed by atoms with Crippen molar-refractivity contribution in [3.05, 3.63) is 0 Å². The number of piperidine rings is 1. The first-order valence-electron chi connectivity index (χ1n) is 7.30. The van der Waals surface area contributed by atoms with E-state index >= 15 is 0 Å². The van der Waals surface area contributed by atoms with Crippen molar-refractivity contribution in [3.63, 3.8) is 0 Å². The summed E-state index contributed by atoms with van der Waals surface area (Å²) in [5.41, 5.74) is 0. The lowest BCUT2D eigenvalue weighted by Gasteiger charge is -2.30. The fraction of sp³-hybridized carbons (Fsp3) is 1.00. The van der Waals surface area contributed by atoms with Gasteiger partial charge in [0.15, 0.2) is 0 Å². The van der Waals surface area contributed by atoms with Gasteiger partial charge in [0.25, 0.3) is 0 Å². The number of hydrogen-bond acceptors (Lipinski definition) is 2. The zero-order valence-corrected chi connectivity index (χ0v) is 10.9. The fourth-order valence-electron chi connectivity index (χ4n) is 2.96. The largest absolute Gasteiger partial charge is 0.313 e. The van der Waals surface area contributed by atoms with Crippen molar-refractivity contribution < 1.29 is 0 Å². The van der Waals surface area contributed by atoms with Crippen LogP contribution in [0.3, 0.4) is 0 Å². The SMILES string of the molecule is CC(CC1CCC1)NCCN1CCCCC1. The normalized spacial score (nSPS) is 25.3. The average Bonchev–Trinajstić information content (AvgIpc) is 2.25. The molecule has 0 spiro atoms. The van der Waals surface area contributed by atoms with Crippen LogP contribution >= 0.6 is 0 Å². The highest BCUT2D eigenvalue weighted by Gasteiger charge is 2.19. The molecule has 1 aliphatic heterocycles. The molecule has 1 unspecified atom stereocenters. The highest BCUT2D eigenvalue weighted by atomic mass is 15.1. The maximum Gasteiger partial charge on any atom is 0.0107 e. The standard InChI is InChI=1S/C14H28N2/c1-13(12-14-6-5-7-14)15-8-11-16-9-3-2-4-10-16/h13-15H,2-12H2,1H3. The van der Waals surface area contributed by atoms with Crippen molar-refractivity contribution in [2.75, 3.05) is 26.2 Å². The Labute approximate surface area is 101 Å². The van der Waals surface area contributed by atoms with Crippen LogP contribution in [0.5, 0.6) is 0 Å². The fourth-order valence-corrected chi connectivity index (χ4v) is 2.96. The molecule has 94 valence electrons. The second-order valence-electron chi connectivity index (χ2n) is 5.79. The van der Waals surface area contributed by atoms with E-state index in [4.69, 9.17) is 0 Å². The summed E-state index contributed by atoms with van der Waals surface area (Å²) in [4.78, 5) is 2.62. The first-order chi connectivity index (χ1) is 7.84. The van der Waals surface area contributed by atoms with Gasteiger partial charge < -0.3 is 10.2 Å². The second-order valence-corrected chi connectivity index (χ2v) is 5.79. The van der Waals surface area contributed by atoms with Gasteiger partial charge in [0.1, 0.15) is 0 Å². The van der Waals surface area contributed by atoms with Gasteiger partial charge in [-0.25, -0.2) is 0 Å². The first kappa shape index (κ1) is 12.4. The van der Waals surface area contributed by atoms with Crippen molar-refractivity contribution in [2.24, 2.45) is 5.92 Å². The van der Waals surface area contributed by atoms with Crippen LogP contribution in [0.25, 0.3) is 0 Å². The minimum Gasteiger partial charge on any atom is -0.313 e. The third-order valence-electron chi connectivity index (χ3n) is 4.28. The summed E-state index contributed by atoms with van der Waals surface area (Å²) in [5.74, 6) is 1.04. The quantitative estimate of drug-likeness (QED) is 0.746. The molecular weight excluding hydrogens is 196 g/mol. The van der Waals surface area contributed by atoms with Crippen molar-refractivity contribution in [2.45, 2.75) is 57.9 Å². The number of rotatable bonds is 6. The molecule has 1 saturated heterocycles. The lowest BCUT2D eigenvalue weighted by Crippen LogP contribution is -2.39. The molecule has 2 heteroatoms. The highest BCUT2D eigenvalue weighted by Crippen LogP contribution is 2.30. The molecule has 0 aromatic heterocycles. The van der Waals surface area contributed by atoms with Gasteiger partial charge in [-0.05, 0) is 45.2 Å². The van der Waals surface area contributed by atoms with E-state index in [9.17, 15) is 0 Å². The van der Waals surface area contributed by atoms with Crippen LogP contribution in [0.4, 0.5) is 0 Å². The topological polar surface area (TPSA) is 15.3 Å². The van der Waals surface area contributed by atoms with Crippen LogP contribution < -0.4 is 5.32 Å². The minimum absolute atomic E-state index is 0.732. The highest BCUT2D eigenvalue weighted by molar-refractivity contribution is 4.75. The lowest BCUT2D eigenvalue weighted by atomic mass is 9.81. The summed E-state index contributed by atoms with van der Waals surface area (Å²) >= 11 is 0. The van der Waals surface area contributed by atoms with E-state index in [1.54, 1.807) is 0 Å². The van der Waals surface area contributed by atoms with E-state index < -0.39 is 0 Å². The Morgan fingerprint density at radius 2 is 1.88 bits per heavy atom. The molecule has 0 aromatic carbocycles. The minimum atomic E-state index is 0.732. The number of hydrogen-bond donors (Lipinski definition) is 1. The Morgan fingerprint density at radius 1 is 1.12 bits per heavy atom. The third kappa shape index (κ3) is 4.06. The Hall–Kier alpha value is -0.0800. The Kier molecular flexibility index (Phi) is 5.11. The van der Waals surface area contributed by atoms with Crippen LogP contribution in [0.15, 0.2) is 0 Å². The summed E-state index contributed by atoms with van der Waals surface area (Å²) in [6.07, 6.45) is 10.1. The van der Waals surface area contributed by atoms with Gasteiger partial charge >= 0.3 is 0 Å². The summed E-state index contributed by atoms with van der Waals surface area (Å²) < 4.78 is 0. The van der Waals surface area contributed by atoms with Crippen molar-refractivity contribution in [3.8, 4) is 0 Å². The monoisotopic (exact) mass is 224 g/mol. The molecule has 0 bridgehead atoms. The molecule has 2 aliphatic rings. The van der Waals surface area contributed by atoms with Crippen molar-refractivity contribution >= 4 is 0 Å². The lowest BCUT2D eigenvalue weighted by molar-refractivity contribution is 0.219. The molecule has 1 N–H and O–H groups in total. The Bertz CT molecular complexity index is 183. The molecule has 16 heavy (non-hydrogen) atoms. The van der Waals surface area contributed by atoms with E-state index in [2.05, 4.69) is 17.1 Å². The number of nitrogens with zero attached hydrogens (tertiary/aromatic N) is 1. The van der Waals surface area contributed by atoms with Crippen molar-refractivity contribution in [1.29, 1.82) is 0 Å². The van der Waals surface area contributed by atoms with Gasteiger partial charge in [0.05, 0.1) is 0 Å². The number of likely N-dealkylation sites (tertiary alicyclic amines) is 1. The Morgan fingerprint density at radius 3 is 2.50 bits per heavy atom. The van der Waals surface area contributed by atoms with Crippen LogP contribution in [-0.2, 0) is 0 Å². The predicted octanol–water partition coefficient (Wildman–Crippen LogP) is 2.64. The summed E-state index contributed by atoms with van der Waals surface area (Å²) in [6.45, 7) is 7.47. The number of nitrogens with one attached hydrogen (secondary N) is 1. The van der Waals surface area contributed by atoms with E-state index in [-0.39, 0.29) is 0 Å². The van der Waals surface area contributed by atoms with E-state index in [0.717, 1.165) is 12.0 Å². The molecule has 0 radical (unpaired) electrons. The molecule has 1 saturated carbocycles. The zero-order chi connectivity index (χ0) is 11.2. The molecule has 0 aromatic rings. The van der Waals surface area contributed by atoms with Gasteiger partial charge in [0.2, 0.25) is 0 Å². The molecule has 2 nitrogen and oxygen atoms in total. The van der Waals surface area contributed by atoms with Crippen LogP contribution in [0.2, 0.25) is 0 Å². The smallest absolute Gasteiger partial charge is 0.0107 e. The van der Waals surface area contributed by atoms with Crippen LogP contribution in [0.1, 0.15) is 51.9 Å². The summed E-state index contributed by atoms with van der Waals surface area (Å²) in [6, 6.07) is 0.732. The molecule has 2 rings (SSSR count). The van der Waals surface area contributed by atoms with E-state index in [1.807, 2.05) is 0 Å². The molecule has 1 atom stereocenters. The van der Waals surface area contributed by atoms with Crippen LogP contribution in [0, 0.1) is 5.92 Å². The van der Waals surface area contributed by atoms with Gasteiger partial charge in [-0.15, -0.1) is 0 Å². The van der Waals surface area contributed by atoms with Crippen LogP contribution in [-0.4, -0.2) is 37.1 Å². The second kappa shape index (κ2) is 6.61. The average molecular weight is 224 g/mol. The molecule has 2 fully saturated rings. The van der Waals surface area contributed by atoms with Gasteiger partial charge in [-0.1, -0.05) is 25.7 Å². The maximum absolute atomic E-state index is 3.69. The zero-order valence-electron chi connectivity index (χ0n) is 10.9. The van der Waals surface area contributed by atoms with Gasteiger partial charge in [-0.2, -0.15) is 0 Å². The molecular formula is C14H28N2. The van der Waals surface area contributed by atoms with Gasteiger partial charge in [0, 0.05) is 19.1 Å². The molecule has 1 heterocycles. The summed E-state index contributed by atoms with van der Waals surface area (Å²) in [7, 11) is 0. The molecule has 1 aliphatic carbocycles. The van der Waals surface area contributed by atoms with E-state index in [1.165, 1.54) is 71.1 Å². The van der Waals surface area contributed by atoms with Crippen molar-refractivity contribution in [1.82, 2.24) is 10.2 Å². The maximum atomic E-state index is 3.69. The third-order valence-corrected chi connectivity index (χ3v) is 4.28. The van der Waals surface area contributed by atoms with Gasteiger partial charge in [-0.3, -0.25) is 0 Å².